The number of hydrogen-bond acceptors (Lipinski definition) is 8. The smallest absolute Gasteiger partial charge is 0.326 e. The van der Waals surface area contributed by atoms with E-state index in [1.54, 1.807) is 6.20 Å². The van der Waals surface area contributed by atoms with Crippen molar-refractivity contribution in [1.29, 1.82) is 0 Å². The zero-order valence-electron chi connectivity index (χ0n) is 21.4. The number of fused-ring (bicyclic) bond motifs is 1. The van der Waals surface area contributed by atoms with Gasteiger partial charge >= 0.3 is 5.97 Å². The number of carboxylic acid groups (broad SMARTS) is 1. The second-order valence-electron chi connectivity index (χ2n) is 9.16. The van der Waals surface area contributed by atoms with Gasteiger partial charge in [0, 0.05) is 54.0 Å². The summed E-state index contributed by atoms with van der Waals surface area (Å²) in [6.45, 7) is 0. The fourth-order valence-electron chi connectivity index (χ4n) is 4.01. The van der Waals surface area contributed by atoms with E-state index in [2.05, 4.69) is 43.5 Å². The number of rotatable bonds is 15. The average Bonchev–Trinajstić information content (AvgIpc) is 3.59. The molecule has 3 aromatic rings. The van der Waals surface area contributed by atoms with Crippen LogP contribution in [0.5, 0.6) is 0 Å². The summed E-state index contributed by atoms with van der Waals surface area (Å²) >= 11 is 4.00. The van der Waals surface area contributed by atoms with E-state index < -0.39 is 53.8 Å². The van der Waals surface area contributed by atoms with Gasteiger partial charge in [-0.25, -0.2) is 9.78 Å². The number of para-hydroxylation sites is 1. The molecular formula is C25H32N8O6S. The third kappa shape index (κ3) is 8.31. The maximum Gasteiger partial charge on any atom is 0.326 e. The number of carbonyl (C=O) groups is 5. The van der Waals surface area contributed by atoms with Gasteiger partial charge in [-0.1, -0.05) is 18.2 Å². The van der Waals surface area contributed by atoms with E-state index >= 15 is 0 Å². The molecule has 0 bridgehead atoms. The maximum absolute atomic E-state index is 13.3. The molecule has 0 aliphatic rings. The predicted octanol–water partition coefficient (Wildman–Crippen LogP) is -1.26. The lowest BCUT2D eigenvalue weighted by atomic mass is 10.0. The number of thiol groups is 1. The first-order chi connectivity index (χ1) is 19.1. The minimum absolute atomic E-state index is 0.0145. The van der Waals surface area contributed by atoms with Crippen LogP contribution in [0.25, 0.3) is 10.9 Å². The number of aromatic amines is 2. The van der Waals surface area contributed by atoms with Gasteiger partial charge in [0.15, 0.2) is 0 Å². The van der Waals surface area contributed by atoms with Crippen LogP contribution in [-0.2, 0) is 36.8 Å². The number of nitrogens with one attached hydrogen (secondary N) is 5. The van der Waals surface area contributed by atoms with Crippen molar-refractivity contribution >= 4 is 53.1 Å². The van der Waals surface area contributed by atoms with E-state index in [1.165, 1.54) is 12.5 Å². The fourth-order valence-corrected chi connectivity index (χ4v) is 4.17. The lowest BCUT2D eigenvalue weighted by Gasteiger charge is -2.25. The van der Waals surface area contributed by atoms with Crippen LogP contribution in [0.2, 0.25) is 0 Å². The van der Waals surface area contributed by atoms with E-state index in [-0.39, 0.29) is 31.4 Å². The number of nitrogens with two attached hydrogens (primary N) is 2. The van der Waals surface area contributed by atoms with Crippen LogP contribution < -0.4 is 27.4 Å². The van der Waals surface area contributed by atoms with Gasteiger partial charge in [0.2, 0.25) is 23.6 Å². The van der Waals surface area contributed by atoms with Crippen molar-refractivity contribution in [2.24, 2.45) is 11.5 Å². The Morgan fingerprint density at radius 1 is 0.950 bits per heavy atom. The molecule has 4 unspecified atom stereocenters. The summed E-state index contributed by atoms with van der Waals surface area (Å²) in [5.74, 6) is -4.22. The number of carboxylic acids is 1. The minimum atomic E-state index is -1.34. The van der Waals surface area contributed by atoms with Gasteiger partial charge in [-0.15, -0.1) is 0 Å². The third-order valence-corrected chi connectivity index (χ3v) is 6.56. The normalized spacial score (nSPS) is 14.1. The number of H-pyrrole nitrogens is 2. The maximum atomic E-state index is 13.3. The van der Waals surface area contributed by atoms with Crippen molar-refractivity contribution in [3.05, 3.63) is 54.2 Å². The number of carbonyl (C=O) groups excluding carboxylic acids is 4. The highest BCUT2D eigenvalue weighted by Gasteiger charge is 2.31. The second-order valence-corrected chi connectivity index (χ2v) is 9.53. The molecule has 0 aliphatic heterocycles. The number of nitrogens with zero attached hydrogens (tertiary/aromatic N) is 1. The minimum Gasteiger partial charge on any atom is -0.480 e. The molecule has 4 atom stereocenters. The molecule has 0 saturated carbocycles. The Labute approximate surface area is 234 Å². The highest BCUT2D eigenvalue weighted by Crippen LogP contribution is 2.19. The molecular weight excluding hydrogens is 540 g/mol. The number of imidazole rings is 1. The van der Waals surface area contributed by atoms with Gasteiger partial charge in [0.05, 0.1) is 12.4 Å². The molecule has 14 nitrogen and oxygen atoms in total. The summed E-state index contributed by atoms with van der Waals surface area (Å²) in [7, 11) is 0. The van der Waals surface area contributed by atoms with Crippen LogP contribution in [0.15, 0.2) is 43.0 Å². The molecule has 4 amide bonds. The third-order valence-electron chi connectivity index (χ3n) is 6.17. The van der Waals surface area contributed by atoms with Crippen molar-refractivity contribution in [3.63, 3.8) is 0 Å². The Bertz CT molecular complexity index is 1340. The summed E-state index contributed by atoms with van der Waals surface area (Å²) in [6, 6.07) is 2.47. The van der Waals surface area contributed by atoms with E-state index in [1.807, 2.05) is 24.3 Å². The highest BCUT2D eigenvalue weighted by atomic mass is 32.1. The molecule has 2 heterocycles. The molecule has 0 fully saturated rings. The van der Waals surface area contributed by atoms with Crippen molar-refractivity contribution in [3.8, 4) is 0 Å². The predicted molar refractivity (Wildman–Crippen MR) is 148 cm³/mol. The Kier molecular flexibility index (Phi) is 10.7. The largest absolute Gasteiger partial charge is 0.480 e. The quantitative estimate of drug-likeness (QED) is 0.0993. The van der Waals surface area contributed by atoms with E-state index in [9.17, 15) is 29.1 Å². The summed E-state index contributed by atoms with van der Waals surface area (Å²) in [6.07, 6.45) is 4.01. The van der Waals surface area contributed by atoms with Crippen molar-refractivity contribution in [2.75, 3.05) is 5.75 Å². The number of benzene rings is 1. The molecule has 40 heavy (non-hydrogen) atoms. The lowest BCUT2D eigenvalue weighted by molar-refractivity contribution is -0.142. The second kappa shape index (κ2) is 14.1. The average molecular weight is 573 g/mol. The zero-order valence-corrected chi connectivity index (χ0v) is 22.3. The standard InChI is InChI=1S/C25H32N8O6S/c26-16(11-40)22(35)32-19(8-14-10-28-12-30-14)24(37)31-18(5-6-21(27)34)23(36)33-20(25(38)39)7-13-9-29-17-4-2-1-3-15(13)17/h1-4,9-10,12,16,18-20,29,40H,5-8,11,26H2,(H2,27,34)(H,28,30)(H,31,37)(H,32,35)(H,33,36)(H,38,39). The number of amides is 4. The van der Waals surface area contributed by atoms with Gasteiger partial charge in [0.25, 0.3) is 0 Å². The van der Waals surface area contributed by atoms with Gasteiger partial charge in [0.1, 0.15) is 18.1 Å². The summed E-state index contributed by atoms with van der Waals surface area (Å²) in [5, 5.41) is 18.1. The first-order valence-electron chi connectivity index (χ1n) is 12.4. The van der Waals surface area contributed by atoms with E-state index in [0.717, 1.165) is 10.9 Å². The van der Waals surface area contributed by atoms with Crippen LogP contribution in [0.4, 0.5) is 0 Å². The first kappa shape index (κ1) is 30.2. The Hall–Kier alpha value is -4.37. The molecule has 0 saturated heterocycles. The SMILES string of the molecule is NC(=O)CCC(NC(=O)C(Cc1cnc[nH]1)NC(=O)C(N)CS)C(=O)NC(Cc1c[nH]c2ccccc12)C(=O)O. The Morgan fingerprint density at radius 3 is 2.27 bits per heavy atom. The molecule has 214 valence electrons. The Morgan fingerprint density at radius 2 is 1.62 bits per heavy atom. The molecule has 2 aromatic heterocycles. The van der Waals surface area contributed by atoms with Crippen LogP contribution in [0.3, 0.4) is 0 Å². The molecule has 0 spiro atoms. The lowest BCUT2D eigenvalue weighted by Crippen LogP contribution is -2.58. The van der Waals surface area contributed by atoms with E-state index in [4.69, 9.17) is 11.5 Å². The van der Waals surface area contributed by atoms with Crippen LogP contribution in [0, 0.1) is 0 Å². The zero-order chi connectivity index (χ0) is 29.2. The summed E-state index contributed by atoms with van der Waals surface area (Å²) in [4.78, 5) is 72.2. The van der Waals surface area contributed by atoms with Gasteiger partial charge in [-0.3, -0.25) is 19.2 Å². The number of aromatic nitrogens is 3. The van der Waals surface area contributed by atoms with Crippen LogP contribution >= 0.6 is 12.6 Å². The van der Waals surface area contributed by atoms with Crippen LogP contribution in [-0.4, -0.2) is 79.6 Å². The number of aliphatic carboxylic acids is 1. The van der Waals surface area contributed by atoms with Gasteiger partial charge in [-0.2, -0.15) is 12.6 Å². The van der Waals surface area contributed by atoms with Crippen molar-refractivity contribution < 1.29 is 29.1 Å². The molecule has 0 aliphatic carbocycles. The summed E-state index contributed by atoms with van der Waals surface area (Å²) in [5.41, 5.74) is 13.0. The van der Waals surface area contributed by atoms with Gasteiger partial charge < -0.3 is 42.5 Å². The molecule has 10 N–H and O–H groups in total. The fraction of sp³-hybridized carbons (Fsp3) is 0.360. The van der Waals surface area contributed by atoms with E-state index in [0.29, 0.717) is 11.3 Å². The molecule has 0 radical (unpaired) electrons. The topological polar surface area (TPSA) is 238 Å². The number of primary amides is 1. The van der Waals surface area contributed by atoms with Crippen LogP contribution in [0.1, 0.15) is 24.1 Å². The van der Waals surface area contributed by atoms with Crippen molar-refractivity contribution in [1.82, 2.24) is 30.9 Å². The number of hydrogen-bond donors (Lipinski definition) is 9. The highest BCUT2D eigenvalue weighted by molar-refractivity contribution is 7.80. The van der Waals surface area contributed by atoms with Crippen molar-refractivity contribution in [2.45, 2.75) is 49.9 Å². The first-order valence-corrected chi connectivity index (χ1v) is 13.0. The molecule has 15 heteroatoms. The monoisotopic (exact) mass is 572 g/mol. The van der Waals surface area contributed by atoms with Gasteiger partial charge in [-0.05, 0) is 18.1 Å². The Balaban J connectivity index is 1.77. The molecule has 1 aromatic carbocycles. The molecule has 3 rings (SSSR count). The summed E-state index contributed by atoms with van der Waals surface area (Å²) < 4.78 is 0.